The average Bonchev–Trinajstić information content (AvgIpc) is 2.82. The summed E-state index contributed by atoms with van der Waals surface area (Å²) in [6.07, 6.45) is -5.35. The lowest BCUT2D eigenvalue weighted by Crippen LogP contribution is -2.64. The molecule has 0 aromatic rings. The van der Waals surface area contributed by atoms with Crippen LogP contribution in [-0.4, -0.2) is 117 Å². The van der Waals surface area contributed by atoms with Crippen LogP contribution in [0.3, 0.4) is 0 Å². The first-order valence-corrected chi connectivity index (χ1v) is 12.1. The predicted molar refractivity (Wildman–Crippen MR) is 115 cm³/mol. The number of rotatable bonds is 14. The van der Waals surface area contributed by atoms with Crippen molar-refractivity contribution in [2.45, 2.75) is 120 Å². The SMILES string of the molecule is CCCCCCCCCCO[C@@H]1O[C@H](CO)[C@@H](O[C@H]2O[C@@H](CO)[C@@H](O)[C@@H](O)[C@H]2O)[C@@H](O)[C@H]1O. The lowest BCUT2D eigenvalue weighted by molar-refractivity contribution is -0.359. The third kappa shape index (κ3) is 8.04. The van der Waals surface area contributed by atoms with Gasteiger partial charge in [-0.15, -0.1) is 0 Å². The molecular formula is C22H42O11. The molecular weight excluding hydrogens is 440 g/mol. The predicted octanol–water partition coefficient (Wildman–Crippen LogP) is -1.23. The third-order valence-electron chi connectivity index (χ3n) is 6.24. The fourth-order valence-electron chi connectivity index (χ4n) is 4.13. The van der Waals surface area contributed by atoms with Crippen molar-refractivity contribution in [3.63, 3.8) is 0 Å². The molecule has 2 aliphatic heterocycles. The number of aliphatic hydroxyl groups is 7. The van der Waals surface area contributed by atoms with Gasteiger partial charge in [0.2, 0.25) is 0 Å². The van der Waals surface area contributed by atoms with Crippen molar-refractivity contribution >= 4 is 0 Å². The Bertz CT molecular complexity index is 521. The Balaban J connectivity index is 1.82. The summed E-state index contributed by atoms with van der Waals surface area (Å²) < 4.78 is 22.0. The minimum Gasteiger partial charge on any atom is -0.394 e. The van der Waals surface area contributed by atoms with Crippen molar-refractivity contribution in [1.82, 2.24) is 0 Å². The zero-order valence-corrected chi connectivity index (χ0v) is 19.3. The van der Waals surface area contributed by atoms with Crippen LogP contribution in [0.1, 0.15) is 58.3 Å². The third-order valence-corrected chi connectivity index (χ3v) is 6.24. The van der Waals surface area contributed by atoms with E-state index in [0.29, 0.717) is 6.61 Å². The van der Waals surface area contributed by atoms with E-state index in [1.165, 1.54) is 32.1 Å². The maximum absolute atomic E-state index is 10.6. The summed E-state index contributed by atoms with van der Waals surface area (Å²) in [6, 6.07) is 0. The normalized spacial score (nSPS) is 39.6. The number of aliphatic hydroxyl groups excluding tert-OH is 7. The minimum absolute atomic E-state index is 0.319. The van der Waals surface area contributed by atoms with Crippen LogP contribution in [0.15, 0.2) is 0 Å². The van der Waals surface area contributed by atoms with Crippen LogP contribution >= 0.6 is 0 Å². The van der Waals surface area contributed by atoms with Crippen molar-refractivity contribution in [2.75, 3.05) is 19.8 Å². The molecule has 0 aromatic heterocycles. The number of unbranched alkanes of at least 4 members (excludes halogenated alkanes) is 7. The van der Waals surface area contributed by atoms with Gasteiger partial charge in [0.05, 0.1) is 13.2 Å². The van der Waals surface area contributed by atoms with Crippen LogP contribution in [0.5, 0.6) is 0 Å². The van der Waals surface area contributed by atoms with Crippen LogP contribution < -0.4 is 0 Å². The van der Waals surface area contributed by atoms with Gasteiger partial charge in [0.15, 0.2) is 12.6 Å². The molecule has 10 atom stereocenters. The molecule has 0 amide bonds. The van der Waals surface area contributed by atoms with Gasteiger partial charge in [0, 0.05) is 6.61 Å². The topological polar surface area (TPSA) is 179 Å². The molecule has 2 aliphatic rings. The Labute approximate surface area is 194 Å². The minimum atomic E-state index is -1.69. The van der Waals surface area contributed by atoms with Crippen LogP contribution in [0, 0.1) is 0 Å². The molecule has 196 valence electrons. The summed E-state index contributed by atoms with van der Waals surface area (Å²) in [4.78, 5) is 0. The van der Waals surface area contributed by atoms with Gasteiger partial charge in [0.1, 0.15) is 48.8 Å². The maximum Gasteiger partial charge on any atom is 0.187 e. The van der Waals surface area contributed by atoms with E-state index < -0.39 is 74.6 Å². The molecule has 0 saturated carbocycles. The van der Waals surface area contributed by atoms with Gasteiger partial charge in [-0.2, -0.15) is 0 Å². The molecule has 7 N–H and O–H groups in total. The van der Waals surface area contributed by atoms with E-state index in [1.54, 1.807) is 0 Å². The Hall–Kier alpha value is -0.440. The Morgan fingerprint density at radius 1 is 0.606 bits per heavy atom. The molecule has 11 heteroatoms. The average molecular weight is 483 g/mol. The second kappa shape index (κ2) is 14.8. The summed E-state index contributed by atoms with van der Waals surface area (Å²) in [6.45, 7) is 1.28. The molecule has 0 radical (unpaired) electrons. The van der Waals surface area contributed by atoms with Crippen molar-refractivity contribution in [3.05, 3.63) is 0 Å². The Kier molecular flexibility index (Phi) is 13.0. The first-order valence-electron chi connectivity index (χ1n) is 12.1. The largest absolute Gasteiger partial charge is 0.394 e. The molecule has 2 fully saturated rings. The van der Waals surface area contributed by atoms with Gasteiger partial charge >= 0.3 is 0 Å². The highest BCUT2D eigenvalue weighted by Crippen LogP contribution is 2.29. The van der Waals surface area contributed by atoms with Gasteiger partial charge in [-0.3, -0.25) is 0 Å². The van der Waals surface area contributed by atoms with Gasteiger partial charge in [-0.05, 0) is 6.42 Å². The number of ether oxygens (including phenoxy) is 4. The van der Waals surface area contributed by atoms with E-state index in [1.807, 2.05) is 0 Å². The second-order valence-corrected chi connectivity index (χ2v) is 8.85. The molecule has 2 rings (SSSR count). The van der Waals surface area contributed by atoms with E-state index in [-0.39, 0.29) is 0 Å². The maximum atomic E-state index is 10.6. The number of hydrogen-bond acceptors (Lipinski definition) is 11. The van der Waals surface area contributed by atoms with Gasteiger partial charge < -0.3 is 54.7 Å². The monoisotopic (exact) mass is 482 g/mol. The van der Waals surface area contributed by atoms with Crippen molar-refractivity contribution < 1.29 is 54.7 Å². The fourth-order valence-corrected chi connectivity index (χ4v) is 4.13. The smallest absolute Gasteiger partial charge is 0.187 e. The Morgan fingerprint density at radius 3 is 1.76 bits per heavy atom. The molecule has 2 saturated heterocycles. The lowest BCUT2D eigenvalue weighted by atomic mass is 9.97. The zero-order chi connectivity index (χ0) is 24.4. The summed E-state index contributed by atoms with van der Waals surface area (Å²) in [5, 5.41) is 69.9. The summed E-state index contributed by atoms with van der Waals surface area (Å²) in [5.74, 6) is 0. The lowest BCUT2D eigenvalue weighted by Gasteiger charge is -2.45. The molecule has 33 heavy (non-hydrogen) atoms. The van der Waals surface area contributed by atoms with Crippen molar-refractivity contribution in [1.29, 1.82) is 0 Å². The molecule has 0 spiro atoms. The molecule has 0 bridgehead atoms. The van der Waals surface area contributed by atoms with Gasteiger partial charge in [-0.1, -0.05) is 51.9 Å². The van der Waals surface area contributed by atoms with Crippen LogP contribution in [0.2, 0.25) is 0 Å². The standard InChI is InChI=1S/C22H42O11/c1-2-3-4-5-6-7-8-9-10-30-21-19(29)17(27)20(14(12-24)32-21)33-22-18(28)16(26)15(25)13(11-23)31-22/h13-29H,2-12H2,1H3/t13-,14+,15+,16+,17-,18+,19+,20+,21+,22+/m0/s1. The highest BCUT2D eigenvalue weighted by molar-refractivity contribution is 4.94. The van der Waals surface area contributed by atoms with Gasteiger partial charge in [-0.25, -0.2) is 0 Å². The van der Waals surface area contributed by atoms with E-state index in [2.05, 4.69) is 6.92 Å². The summed E-state index contributed by atoms with van der Waals surface area (Å²) in [5.41, 5.74) is 0. The van der Waals surface area contributed by atoms with Crippen LogP contribution in [-0.2, 0) is 18.9 Å². The molecule has 2 heterocycles. The van der Waals surface area contributed by atoms with Crippen LogP contribution in [0.25, 0.3) is 0 Å². The fraction of sp³-hybridized carbons (Fsp3) is 1.00. The van der Waals surface area contributed by atoms with E-state index in [0.717, 1.165) is 19.3 Å². The van der Waals surface area contributed by atoms with E-state index >= 15 is 0 Å². The highest BCUT2D eigenvalue weighted by Gasteiger charge is 2.50. The van der Waals surface area contributed by atoms with Crippen molar-refractivity contribution in [2.24, 2.45) is 0 Å². The second-order valence-electron chi connectivity index (χ2n) is 8.85. The zero-order valence-electron chi connectivity index (χ0n) is 19.3. The van der Waals surface area contributed by atoms with E-state index in [4.69, 9.17) is 18.9 Å². The summed E-state index contributed by atoms with van der Waals surface area (Å²) in [7, 11) is 0. The summed E-state index contributed by atoms with van der Waals surface area (Å²) >= 11 is 0. The molecule has 0 aliphatic carbocycles. The molecule has 0 unspecified atom stereocenters. The molecule has 0 aromatic carbocycles. The Morgan fingerprint density at radius 2 is 1.15 bits per heavy atom. The molecule has 11 nitrogen and oxygen atoms in total. The first-order chi connectivity index (χ1) is 15.8. The van der Waals surface area contributed by atoms with Gasteiger partial charge in [0.25, 0.3) is 0 Å². The van der Waals surface area contributed by atoms with Crippen molar-refractivity contribution in [3.8, 4) is 0 Å². The number of hydrogen-bond donors (Lipinski definition) is 7. The highest BCUT2D eigenvalue weighted by atomic mass is 16.7. The quantitative estimate of drug-likeness (QED) is 0.147. The first kappa shape index (κ1) is 28.8. The van der Waals surface area contributed by atoms with Crippen LogP contribution in [0.4, 0.5) is 0 Å². The van der Waals surface area contributed by atoms with E-state index in [9.17, 15) is 35.7 Å².